The zero-order valence-electron chi connectivity index (χ0n) is 11.4. The molecule has 0 saturated carbocycles. The van der Waals surface area contributed by atoms with Crippen LogP contribution in [0.1, 0.15) is 26.7 Å². The van der Waals surface area contributed by atoms with Crippen LogP contribution < -0.4 is 5.32 Å². The third-order valence-corrected chi connectivity index (χ3v) is 3.74. The van der Waals surface area contributed by atoms with Crippen molar-refractivity contribution >= 4 is 11.8 Å². The van der Waals surface area contributed by atoms with E-state index in [9.17, 15) is 0 Å². The third kappa shape index (κ3) is 10.6. The van der Waals surface area contributed by atoms with E-state index >= 15 is 0 Å². The summed E-state index contributed by atoms with van der Waals surface area (Å²) in [5.41, 5.74) is 0.299. The highest BCUT2D eigenvalue weighted by molar-refractivity contribution is 7.99. The highest BCUT2D eigenvalue weighted by Gasteiger charge is 2.13. The molecule has 0 atom stereocenters. The van der Waals surface area contributed by atoms with Gasteiger partial charge in [0.1, 0.15) is 0 Å². The van der Waals surface area contributed by atoms with Gasteiger partial charge < -0.3 is 9.80 Å². The van der Waals surface area contributed by atoms with Crippen molar-refractivity contribution in [3.05, 3.63) is 0 Å². The monoisotopic (exact) mass is 233 g/mol. The molecule has 3 heteroatoms. The summed E-state index contributed by atoms with van der Waals surface area (Å²) in [5.74, 6) is 2.57. The predicted octanol–water partition coefficient (Wildman–Crippen LogP) is 2.20. The normalized spacial score (nSPS) is 13.2. The number of quaternary nitrogens is 1. The van der Waals surface area contributed by atoms with Crippen molar-refractivity contribution in [1.82, 2.24) is 5.32 Å². The van der Waals surface area contributed by atoms with Gasteiger partial charge in [0.05, 0.1) is 27.7 Å². The lowest BCUT2D eigenvalue weighted by Gasteiger charge is -2.24. The van der Waals surface area contributed by atoms with Crippen molar-refractivity contribution in [2.45, 2.75) is 32.2 Å². The summed E-state index contributed by atoms with van der Waals surface area (Å²) in [5, 5.41) is 3.34. The Bertz CT molecular complexity index is 161. The molecule has 0 saturated heterocycles. The Balaban J connectivity index is 3.33. The summed E-state index contributed by atoms with van der Waals surface area (Å²) < 4.78 is 1.09. The van der Waals surface area contributed by atoms with Crippen LogP contribution in [0.15, 0.2) is 0 Å². The van der Waals surface area contributed by atoms with E-state index in [1.165, 1.54) is 30.9 Å². The number of nitrogens with one attached hydrogen (secondary N) is 1. The number of thioether (sulfide) groups is 1. The fourth-order valence-electron chi connectivity index (χ4n) is 1.20. The van der Waals surface area contributed by atoms with E-state index in [0.717, 1.165) is 4.48 Å². The minimum atomic E-state index is 0.299. The molecule has 0 fully saturated rings. The molecule has 0 aliphatic heterocycles. The molecule has 0 heterocycles. The van der Waals surface area contributed by atoms with E-state index in [-0.39, 0.29) is 0 Å². The van der Waals surface area contributed by atoms with Gasteiger partial charge in [-0.1, -0.05) is 0 Å². The average molecular weight is 233 g/mol. The maximum absolute atomic E-state index is 3.34. The van der Waals surface area contributed by atoms with Crippen LogP contribution in [0.2, 0.25) is 0 Å². The first kappa shape index (κ1) is 15.3. The van der Waals surface area contributed by atoms with Crippen molar-refractivity contribution in [1.29, 1.82) is 0 Å². The fraction of sp³-hybridized carbons (Fsp3) is 1.00. The van der Waals surface area contributed by atoms with Crippen LogP contribution in [0.4, 0.5) is 0 Å². The van der Waals surface area contributed by atoms with Gasteiger partial charge in [-0.3, -0.25) is 0 Å². The minimum Gasteiger partial charge on any atom is -0.331 e. The van der Waals surface area contributed by atoms with Crippen molar-refractivity contribution in [3.63, 3.8) is 0 Å². The summed E-state index contributed by atoms with van der Waals surface area (Å²) >= 11 is 2.09. The molecule has 0 aromatic rings. The van der Waals surface area contributed by atoms with Crippen LogP contribution in [-0.2, 0) is 0 Å². The lowest BCUT2D eigenvalue weighted by atomic mass is 10.0. The molecule has 92 valence electrons. The van der Waals surface area contributed by atoms with E-state index in [2.05, 4.69) is 52.1 Å². The molecule has 0 bridgehead atoms. The number of hydrogen-bond donors (Lipinski definition) is 1. The Kier molecular flexibility index (Phi) is 6.89. The molecular weight excluding hydrogens is 204 g/mol. The second kappa shape index (κ2) is 6.77. The van der Waals surface area contributed by atoms with Gasteiger partial charge in [0.25, 0.3) is 0 Å². The molecule has 1 N–H and O–H groups in total. The van der Waals surface area contributed by atoms with Crippen molar-refractivity contribution in [2.75, 3.05) is 46.2 Å². The molecule has 0 rings (SSSR count). The van der Waals surface area contributed by atoms with Crippen LogP contribution in [0.25, 0.3) is 0 Å². The Morgan fingerprint density at radius 2 is 1.73 bits per heavy atom. The Morgan fingerprint density at radius 3 is 2.20 bits per heavy atom. The topological polar surface area (TPSA) is 12.0 Å². The summed E-state index contributed by atoms with van der Waals surface area (Å²) in [4.78, 5) is 0. The molecule has 0 amide bonds. The lowest BCUT2D eigenvalue weighted by molar-refractivity contribution is -0.870. The average Bonchev–Trinajstić information content (AvgIpc) is 2.09. The zero-order chi connectivity index (χ0) is 11.9. The predicted molar refractivity (Wildman–Crippen MR) is 72.6 cm³/mol. The maximum Gasteiger partial charge on any atom is 0.0788 e. The Labute approximate surface area is 100 Å². The maximum atomic E-state index is 3.34. The lowest BCUT2D eigenvalue weighted by Crippen LogP contribution is -2.36. The Hall–Kier alpha value is 0.270. The summed E-state index contributed by atoms with van der Waals surface area (Å²) in [6.07, 6.45) is 2.58. The quantitative estimate of drug-likeness (QED) is 0.509. The van der Waals surface area contributed by atoms with Gasteiger partial charge >= 0.3 is 0 Å². The first-order chi connectivity index (χ1) is 6.77. The largest absolute Gasteiger partial charge is 0.331 e. The van der Waals surface area contributed by atoms with Crippen LogP contribution in [-0.4, -0.2) is 56.3 Å². The standard InChI is InChI=1S/C12H29N2S/c1-12(2,13-3)8-11-15-10-7-9-14(4,5)6/h13H,7-11H2,1-6H3/q+1. The summed E-state index contributed by atoms with van der Waals surface area (Å²) in [6, 6.07) is 0. The number of rotatable bonds is 8. The van der Waals surface area contributed by atoms with Crippen LogP contribution >= 0.6 is 11.8 Å². The smallest absolute Gasteiger partial charge is 0.0788 e. The highest BCUT2D eigenvalue weighted by Crippen LogP contribution is 2.13. The van der Waals surface area contributed by atoms with Crippen LogP contribution in [0, 0.1) is 0 Å². The van der Waals surface area contributed by atoms with Crippen molar-refractivity contribution in [2.24, 2.45) is 0 Å². The first-order valence-corrected chi connectivity index (χ1v) is 6.99. The van der Waals surface area contributed by atoms with E-state index in [1.54, 1.807) is 0 Å². The molecule has 15 heavy (non-hydrogen) atoms. The second-order valence-corrected chi connectivity index (χ2v) is 7.09. The van der Waals surface area contributed by atoms with Gasteiger partial charge in [-0.05, 0) is 38.8 Å². The van der Waals surface area contributed by atoms with Gasteiger partial charge in [0, 0.05) is 12.0 Å². The van der Waals surface area contributed by atoms with E-state index < -0.39 is 0 Å². The highest BCUT2D eigenvalue weighted by atomic mass is 32.2. The van der Waals surface area contributed by atoms with Crippen molar-refractivity contribution in [3.8, 4) is 0 Å². The zero-order valence-corrected chi connectivity index (χ0v) is 12.2. The molecule has 0 unspecified atom stereocenters. The Morgan fingerprint density at radius 1 is 1.13 bits per heavy atom. The van der Waals surface area contributed by atoms with Crippen LogP contribution in [0.5, 0.6) is 0 Å². The number of hydrogen-bond acceptors (Lipinski definition) is 2. The SMILES string of the molecule is CNC(C)(C)CCSCCC[N+](C)(C)C. The molecule has 0 aromatic heterocycles. The van der Waals surface area contributed by atoms with E-state index in [4.69, 9.17) is 0 Å². The molecule has 0 aliphatic rings. The van der Waals surface area contributed by atoms with Gasteiger partial charge in [-0.15, -0.1) is 0 Å². The summed E-state index contributed by atoms with van der Waals surface area (Å²) in [6.45, 7) is 5.81. The molecule has 0 spiro atoms. The van der Waals surface area contributed by atoms with Gasteiger partial charge in [-0.25, -0.2) is 0 Å². The molecule has 2 nitrogen and oxygen atoms in total. The minimum absolute atomic E-state index is 0.299. The fourth-order valence-corrected chi connectivity index (χ4v) is 2.39. The second-order valence-electron chi connectivity index (χ2n) is 5.86. The third-order valence-electron chi connectivity index (χ3n) is 2.67. The van der Waals surface area contributed by atoms with Gasteiger partial charge in [0.2, 0.25) is 0 Å². The van der Waals surface area contributed by atoms with Gasteiger partial charge in [0.15, 0.2) is 0 Å². The first-order valence-electron chi connectivity index (χ1n) is 5.84. The number of nitrogens with zero attached hydrogens (tertiary/aromatic N) is 1. The van der Waals surface area contributed by atoms with E-state index in [1.807, 2.05) is 7.05 Å². The van der Waals surface area contributed by atoms with Crippen LogP contribution in [0.3, 0.4) is 0 Å². The molecular formula is C12H29N2S+. The molecule has 0 aliphatic carbocycles. The summed E-state index contributed by atoms with van der Waals surface area (Å²) in [7, 11) is 8.82. The van der Waals surface area contributed by atoms with Crippen molar-refractivity contribution < 1.29 is 4.48 Å². The van der Waals surface area contributed by atoms with Gasteiger partial charge in [-0.2, -0.15) is 11.8 Å². The molecule has 0 radical (unpaired) electrons. The molecule has 0 aromatic carbocycles. The van der Waals surface area contributed by atoms with E-state index in [0.29, 0.717) is 5.54 Å².